The molecule has 0 unspecified atom stereocenters. The van der Waals surface area contributed by atoms with Crippen LogP contribution in [0.15, 0.2) is 24.3 Å². The van der Waals surface area contributed by atoms with Crippen LogP contribution in [0.25, 0.3) is 0 Å². The number of rotatable bonds is 9. The van der Waals surface area contributed by atoms with Crippen molar-refractivity contribution in [2.24, 2.45) is 0 Å². The number of carbonyl (C=O) groups is 3. The number of ether oxygens (including phenoxy) is 1. The number of nitrogens with zero attached hydrogens (tertiary/aromatic N) is 4. The topological polar surface area (TPSA) is 114 Å². The van der Waals surface area contributed by atoms with Crippen molar-refractivity contribution in [3.63, 3.8) is 0 Å². The fourth-order valence-corrected chi connectivity index (χ4v) is 4.07. The first-order valence-corrected chi connectivity index (χ1v) is 12.0. The molecular weight excluding hydrogens is 452 g/mol. The molecule has 1 saturated heterocycles. The van der Waals surface area contributed by atoms with Crippen molar-refractivity contribution in [3.05, 3.63) is 35.4 Å². The maximum Gasteiger partial charge on any atom is 0.317 e. The fourth-order valence-electron chi connectivity index (χ4n) is 4.07. The zero-order valence-corrected chi connectivity index (χ0v) is 21.2. The number of carboxylic acids is 2. The number of hydrogen-bond donors (Lipinski definition) is 2. The van der Waals surface area contributed by atoms with Crippen molar-refractivity contribution in [2.75, 3.05) is 72.2 Å². The largest absolute Gasteiger partial charge is 0.480 e. The molecule has 0 bridgehead atoms. The highest BCUT2D eigenvalue weighted by Gasteiger charge is 2.20. The van der Waals surface area contributed by atoms with Crippen molar-refractivity contribution in [2.45, 2.75) is 32.7 Å². The van der Waals surface area contributed by atoms with Gasteiger partial charge in [-0.3, -0.25) is 34.0 Å². The third kappa shape index (κ3) is 11.2. The van der Waals surface area contributed by atoms with E-state index in [9.17, 15) is 24.6 Å². The van der Waals surface area contributed by atoms with Gasteiger partial charge in [-0.05, 0) is 16.5 Å². The Morgan fingerprint density at radius 1 is 0.800 bits per heavy atom. The molecule has 10 heteroatoms. The molecule has 1 aliphatic rings. The monoisotopic (exact) mass is 492 g/mol. The van der Waals surface area contributed by atoms with E-state index in [4.69, 9.17) is 4.74 Å². The second kappa shape index (κ2) is 14.1. The second-order valence-electron chi connectivity index (χ2n) is 10.1. The molecule has 1 aliphatic heterocycles. The predicted octanol–water partition coefficient (Wildman–Crippen LogP) is 1.01. The van der Waals surface area contributed by atoms with Gasteiger partial charge >= 0.3 is 11.9 Å². The Bertz CT molecular complexity index is 811. The number of aliphatic carboxylic acids is 2. The van der Waals surface area contributed by atoms with Crippen molar-refractivity contribution >= 4 is 18.4 Å². The Labute approximate surface area is 208 Å². The quantitative estimate of drug-likeness (QED) is 0.484. The highest BCUT2D eigenvalue weighted by Crippen LogP contribution is 2.22. The third-order valence-electron chi connectivity index (χ3n) is 6.20. The highest BCUT2D eigenvalue weighted by atomic mass is 16.5. The molecule has 0 amide bonds. The van der Waals surface area contributed by atoms with Gasteiger partial charge in [-0.15, -0.1) is 0 Å². The number of carbonyl (C=O) groups excluding carboxylic acids is 1. The Morgan fingerprint density at radius 2 is 1.23 bits per heavy atom. The van der Waals surface area contributed by atoms with Crippen LogP contribution >= 0.6 is 0 Å². The maximum absolute atomic E-state index is 11.4. The van der Waals surface area contributed by atoms with Gasteiger partial charge in [0.25, 0.3) is 6.47 Å². The van der Waals surface area contributed by atoms with E-state index in [1.54, 1.807) is 4.90 Å². The standard InChI is InChI=1S/C25H40N4O6/c1-25(2,3)22-6-4-21(5-7-22)16-26-8-9-27(17-23(31)32)10-11-28(18-24(33)34)13-15-29(14-12-26)19-35-20-30/h4-7,20H,8-19H2,1-3H3,(H,31,32)(H,33,34). The second-order valence-corrected chi connectivity index (χ2v) is 10.1. The first-order valence-electron chi connectivity index (χ1n) is 12.0. The lowest BCUT2D eigenvalue weighted by atomic mass is 9.87. The van der Waals surface area contributed by atoms with Crippen molar-refractivity contribution in [1.82, 2.24) is 19.6 Å². The summed E-state index contributed by atoms with van der Waals surface area (Å²) in [6.07, 6.45) is 0. The van der Waals surface area contributed by atoms with Gasteiger partial charge in [-0.25, -0.2) is 0 Å². The van der Waals surface area contributed by atoms with E-state index < -0.39 is 11.9 Å². The average molecular weight is 493 g/mol. The summed E-state index contributed by atoms with van der Waals surface area (Å²) >= 11 is 0. The van der Waals surface area contributed by atoms with Crippen LogP contribution in [0.2, 0.25) is 0 Å². The van der Waals surface area contributed by atoms with E-state index in [1.807, 2.05) is 9.80 Å². The van der Waals surface area contributed by atoms with Gasteiger partial charge in [-0.1, -0.05) is 45.0 Å². The molecule has 2 rings (SSSR count). The SMILES string of the molecule is CC(C)(C)c1ccc(CN2CCN(COC=O)CCN(CC(=O)O)CCN(CC(=O)O)CC2)cc1. The molecule has 0 atom stereocenters. The van der Waals surface area contributed by atoms with Crippen LogP contribution in [0.4, 0.5) is 0 Å². The van der Waals surface area contributed by atoms with Crippen LogP contribution in [0, 0.1) is 0 Å². The van der Waals surface area contributed by atoms with Gasteiger partial charge in [0.2, 0.25) is 0 Å². The van der Waals surface area contributed by atoms with Crippen LogP contribution in [0.3, 0.4) is 0 Å². The average Bonchev–Trinajstić information content (AvgIpc) is 2.77. The first-order chi connectivity index (χ1) is 16.6. The summed E-state index contributed by atoms with van der Waals surface area (Å²) in [5.74, 6) is -1.83. The minimum atomic E-state index is -0.929. The van der Waals surface area contributed by atoms with E-state index >= 15 is 0 Å². The smallest absolute Gasteiger partial charge is 0.317 e. The molecule has 0 saturated carbocycles. The molecule has 196 valence electrons. The lowest BCUT2D eigenvalue weighted by molar-refractivity contribution is -0.140. The Kier molecular flexibility index (Phi) is 11.6. The minimum Gasteiger partial charge on any atom is -0.480 e. The molecule has 2 N–H and O–H groups in total. The molecule has 0 aromatic heterocycles. The van der Waals surface area contributed by atoms with Crippen LogP contribution in [0.1, 0.15) is 31.9 Å². The van der Waals surface area contributed by atoms with Crippen molar-refractivity contribution in [3.8, 4) is 0 Å². The number of hydrogen-bond acceptors (Lipinski definition) is 8. The van der Waals surface area contributed by atoms with Crippen molar-refractivity contribution in [1.29, 1.82) is 0 Å². The normalized spacial score (nSPS) is 18.4. The van der Waals surface area contributed by atoms with Gasteiger partial charge in [0.15, 0.2) is 0 Å². The summed E-state index contributed by atoms with van der Waals surface area (Å²) in [7, 11) is 0. The van der Waals surface area contributed by atoms with Gasteiger partial charge in [-0.2, -0.15) is 0 Å². The van der Waals surface area contributed by atoms with Gasteiger partial charge in [0.05, 0.1) is 13.1 Å². The van der Waals surface area contributed by atoms with E-state index in [2.05, 4.69) is 49.9 Å². The molecule has 1 fully saturated rings. The highest BCUT2D eigenvalue weighted by molar-refractivity contribution is 5.69. The molecule has 0 spiro atoms. The Morgan fingerprint density at radius 3 is 1.63 bits per heavy atom. The lowest BCUT2D eigenvalue weighted by Crippen LogP contribution is -2.47. The summed E-state index contributed by atoms with van der Waals surface area (Å²) in [5.41, 5.74) is 2.53. The molecule has 1 aromatic carbocycles. The molecule has 35 heavy (non-hydrogen) atoms. The summed E-state index contributed by atoms with van der Waals surface area (Å²) in [6.45, 7) is 12.1. The zero-order chi connectivity index (χ0) is 25.8. The molecular formula is C25H40N4O6. The summed E-state index contributed by atoms with van der Waals surface area (Å²) in [6, 6.07) is 8.60. The van der Waals surface area contributed by atoms with Gasteiger partial charge < -0.3 is 14.9 Å². The zero-order valence-electron chi connectivity index (χ0n) is 21.2. The van der Waals surface area contributed by atoms with E-state index in [0.717, 1.165) is 6.54 Å². The maximum atomic E-state index is 11.4. The van der Waals surface area contributed by atoms with Crippen molar-refractivity contribution < 1.29 is 29.3 Å². The molecule has 0 radical (unpaired) electrons. The molecule has 1 heterocycles. The van der Waals surface area contributed by atoms with Gasteiger partial charge in [0.1, 0.15) is 6.73 Å². The van der Waals surface area contributed by atoms with E-state index in [1.165, 1.54) is 11.1 Å². The molecule has 0 aliphatic carbocycles. The van der Waals surface area contributed by atoms with Crippen LogP contribution in [0.5, 0.6) is 0 Å². The van der Waals surface area contributed by atoms with Crippen LogP contribution in [-0.2, 0) is 31.1 Å². The predicted molar refractivity (Wildman–Crippen MR) is 132 cm³/mol. The summed E-state index contributed by atoms with van der Waals surface area (Å²) < 4.78 is 4.99. The number of carboxylic acid groups (broad SMARTS) is 2. The number of benzene rings is 1. The molecule has 1 aromatic rings. The lowest BCUT2D eigenvalue weighted by Gasteiger charge is -2.33. The van der Waals surface area contributed by atoms with Crippen LogP contribution < -0.4 is 0 Å². The minimum absolute atomic E-state index is 0.0803. The summed E-state index contributed by atoms with van der Waals surface area (Å²) in [4.78, 5) is 41.4. The molecule has 10 nitrogen and oxygen atoms in total. The van der Waals surface area contributed by atoms with E-state index in [0.29, 0.717) is 58.8 Å². The summed E-state index contributed by atoms with van der Waals surface area (Å²) in [5, 5.41) is 18.6. The fraction of sp³-hybridized carbons (Fsp3) is 0.640. The Balaban J connectivity index is 2.16. The third-order valence-corrected chi connectivity index (χ3v) is 6.20. The van der Waals surface area contributed by atoms with E-state index in [-0.39, 0.29) is 25.2 Å². The van der Waals surface area contributed by atoms with Gasteiger partial charge in [0, 0.05) is 58.9 Å². The Hall–Kier alpha value is -2.53. The first kappa shape index (κ1) is 28.7. The van der Waals surface area contributed by atoms with Crippen LogP contribution in [-0.4, -0.2) is 120 Å².